The van der Waals surface area contributed by atoms with Gasteiger partial charge < -0.3 is 5.73 Å². The van der Waals surface area contributed by atoms with Gasteiger partial charge in [0.15, 0.2) is 0 Å². The van der Waals surface area contributed by atoms with Gasteiger partial charge in [0, 0.05) is 6.04 Å². The van der Waals surface area contributed by atoms with E-state index in [4.69, 9.17) is 5.73 Å². The van der Waals surface area contributed by atoms with Gasteiger partial charge in [0.05, 0.1) is 0 Å². The van der Waals surface area contributed by atoms with Crippen molar-refractivity contribution in [3.05, 3.63) is 35.6 Å². The first-order valence-corrected chi connectivity index (χ1v) is 5.88. The van der Waals surface area contributed by atoms with E-state index in [0.717, 1.165) is 18.5 Å². The van der Waals surface area contributed by atoms with Crippen LogP contribution in [0.3, 0.4) is 0 Å². The minimum Gasteiger partial charge on any atom is -0.330 e. The van der Waals surface area contributed by atoms with Crippen LogP contribution in [0.2, 0.25) is 0 Å². The van der Waals surface area contributed by atoms with Crippen molar-refractivity contribution in [2.45, 2.75) is 18.9 Å². The number of likely N-dealkylation sites (tertiary alicyclic amines) is 1. The first kappa shape index (κ1) is 11.6. The summed E-state index contributed by atoms with van der Waals surface area (Å²) >= 11 is 0. The molecule has 1 aromatic carbocycles. The number of benzene rings is 1. The number of hydrogen-bond donors (Lipinski definition) is 1. The summed E-state index contributed by atoms with van der Waals surface area (Å²) in [6, 6.07) is 7.17. The van der Waals surface area contributed by atoms with E-state index in [2.05, 4.69) is 11.9 Å². The van der Waals surface area contributed by atoms with Gasteiger partial charge in [0.2, 0.25) is 0 Å². The molecule has 2 atom stereocenters. The molecule has 0 unspecified atom stereocenters. The average Bonchev–Trinajstić information content (AvgIpc) is 2.28. The molecule has 2 N–H and O–H groups in total. The van der Waals surface area contributed by atoms with Gasteiger partial charge >= 0.3 is 0 Å². The van der Waals surface area contributed by atoms with Gasteiger partial charge in [-0.25, -0.2) is 4.39 Å². The standard InChI is InChI=1S/C13H19FN2/c1-16-7-3-5-11(9-15)13(16)10-4-2-6-12(14)8-10/h2,4,6,8,11,13H,3,5,7,9,15H2,1H3/t11-,13-/m1/s1. The average molecular weight is 222 g/mol. The zero-order chi connectivity index (χ0) is 11.5. The second kappa shape index (κ2) is 4.93. The van der Waals surface area contributed by atoms with Crippen molar-refractivity contribution in [3.63, 3.8) is 0 Å². The molecule has 88 valence electrons. The smallest absolute Gasteiger partial charge is 0.123 e. The lowest BCUT2D eigenvalue weighted by Gasteiger charge is -2.39. The van der Waals surface area contributed by atoms with E-state index in [1.807, 2.05) is 6.07 Å². The summed E-state index contributed by atoms with van der Waals surface area (Å²) in [5, 5.41) is 0. The first-order chi connectivity index (χ1) is 7.72. The van der Waals surface area contributed by atoms with Crippen LogP contribution in [0.15, 0.2) is 24.3 Å². The molecule has 0 saturated carbocycles. The number of rotatable bonds is 2. The predicted octanol–water partition coefficient (Wildman–Crippen LogP) is 2.17. The van der Waals surface area contributed by atoms with E-state index in [1.165, 1.54) is 12.5 Å². The van der Waals surface area contributed by atoms with Gasteiger partial charge in [0.25, 0.3) is 0 Å². The first-order valence-electron chi connectivity index (χ1n) is 5.88. The van der Waals surface area contributed by atoms with Gasteiger partial charge in [-0.3, -0.25) is 4.90 Å². The van der Waals surface area contributed by atoms with Crippen LogP contribution in [-0.2, 0) is 0 Å². The van der Waals surface area contributed by atoms with E-state index in [9.17, 15) is 4.39 Å². The maximum absolute atomic E-state index is 13.2. The van der Waals surface area contributed by atoms with Crippen molar-refractivity contribution in [3.8, 4) is 0 Å². The van der Waals surface area contributed by atoms with E-state index >= 15 is 0 Å². The summed E-state index contributed by atoms with van der Waals surface area (Å²) in [5.41, 5.74) is 6.86. The van der Waals surface area contributed by atoms with Crippen LogP contribution in [-0.4, -0.2) is 25.0 Å². The van der Waals surface area contributed by atoms with Crippen molar-refractivity contribution in [2.75, 3.05) is 20.1 Å². The molecular formula is C13H19FN2. The maximum atomic E-state index is 13.2. The molecule has 0 aromatic heterocycles. The Morgan fingerprint density at radius 2 is 2.31 bits per heavy atom. The third-order valence-corrected chi connectivity index (χ3v) is 3.50. The molecule has 0 bridgehead atoms. The van der Waals surface area contributed by atoms with Crippen LogP contribution in [0, 0.1) is 11.7 Å². The van der Waals surface area contributed by atoms with Gasteiger partial charge in [-0.15, -0.1) is 0 Å². The lowest BCUT2D eigenvalue weighted by atomic mass is 9.85. The van der Waals surface area contributed by atoms with Crippen molar-refractivity contribution in [2.24, 2.45) is 11.7 Å². The largest absolute Gasteiger partial charge is 0.330 e. The molecule has 1 aliphatic heterocycles. The second-order valence-electron chi connectivity index (χ2n) is 4.62. The third kappa shape index (κ3) is 2.25. The Balaban J connectivity index is 2.28. The molecule has 1 aromatic rings. The van der Waals surface area contributed by atoms with Crippen LogP contribution in [0.25, 0.3) is 0 Å². The SMILES string of the molecule is CN1CCC[C@H](CN)[C@H]1c1cccc(F)c1. The van der Waals surface area contributed by atoms with Crippen molar-refractivity contribution in [1.29, 1.82) is 0 Å². The summed E-state index contributed by atoms with van der Waals surface area (Å²) in [7, 11) is 2.09. The Labute approximate surface area is 96.2 Å². The minimum absolute atomic E-state index is 0.160. The fourth-order valence-electron chi connectivity index (χ4n) is 2.72. The molecule has 1 heterocycles. The Morgan fingerprint density at radius 3 is 3.00 bits per heavy atom. The van der Waals surface area contributed by atoms with Gasteiger partial charge in [0.1, 0.15) is 5.82 Å². The van der Waals surface area contributed by atoms with Crippen molar-refractivity contribution < 1.29 is 4.39 Å². The molecule has 3 heteroatoms. The van der Waals surface area contributed by atoms with Gasteiger partial charge in [-0.2, -0.15) is 0 Å². The zero-order valence-corrected chi connectivity index (χ0v) is 9.70. The van der Waals surface area contributed by atoms with E-state index in [-0.39, 0.29) is 11.9 Å². The Hall–Kier alpha value is -0.930. The Kier molecular flexibility index (Phi) is 3.56. The summed E-state index contributed by atoms with van der Waals surface area (Å²) in [5.74, 6) is 0.285. The number of halogens is 1. The monoisotopic (exact) mass is 222 g/mol. The maximum Gasteiger partial charge on any atom is 0.123 e. The highest BCUT2D eigenvalue weighted by molar-refractivity contribution is 5.21. The summed E-state index contributed by atoms with van der Waals surface area (Å²) in [6.07, 6.45) is 2.33. The molecule has 2 nitrogen and oxygen atoms in total. The molecule has 1 saturated heterocycles. The van der Waals surface area contributed by atoms with Crippen LogP contribution in [0.4, 0.5) is 4.39 Å². The summed E-state index contributed by atoms with van der Waals surface area (Å²) in [4.78, 5) is 2.29. The minimum atomic E-state index is -0.160. The lowest BCUT2D eigenvalue weighted by Crippen LogP contribution is -2.39. The number of nitrogens with zero attached hydrogens (tertiary/aromatic N) is 1. The van der Waals surface area contributed by atoms with E-state index in [1.54, 1.807) is 12.1 Å². The molecular weight excluding hydrogens is 203 g/mol. The summed E-state index contributed by atoms with van der Waals surface area (Å²) in [6.45, 7) is 1.74. The topological polar surface area (TPSA) is 29.3 Å². The second-order valence-corrected chi connectivity index (χ2v) is 4.62. The molecule has 0 spiro atoms. The molecule has 16 heavy (non-hydrogen) atoms. The fourth-order valence-corrected chi connectivity index (χ4v) is 2.72. The van der Waals surface area contributed by atoms with Crippen molar-refractivity contribution in [1.82, 2.24) is 4.90 Å². The van der Waals surface area contributed by atoms with E-state index < -0.39 is 0 Å². The molecule has 0 radical (unpaired) electrons. The quantitative estimate of drug-likeness (QED) is 0.831. The highest BCUT2D eigenvalue weighted by atomic mass is 19.1. The molecule has 1 fully saturated rings. The molecule has 1 aliphatic rings. The fraction of sp³-hybridized carbons (Fsp3) is 0.538. The van der Waals surface area contributed by atoms with Crippen LogP contribution in [0.5, 0.6) is 0 Å². The van der Waals surface area contributed by atoms with Crippen LogP contribution < -0.4 is 5.73 Å². The zero-order valence-electron chi connectivity index (χ0n) is 9.70. The highest BCUT2D eigenvalue weighted by Gasteiger charge is 2.29. The van der Waals surface area contributed by atoms with Gasteiger partial charge in [-0.1, -0.05) is 12.1 Å². The van der Waals surface area contributed by atoms with Crippen LogP contribution >= 0.6 is 0 Å². The lowest BCUT2D eigenvalue weighted by molar-refractivity contribution is 0.125. The highest BCUT2D eigenvalue weighted by Crippen LogP contribution is 2.34. The molecule has 0 amide bonds. The number of piperidine rings is 1. The third-order valence-electron chi connectivity index (χ3n) is 3.50. The summed E-state index contributed by atoms with van der Waals surface area (Å²) < 4.78 is 13.2. The Bertz CT molecular complexity index is 354. The normalized spacial score (nSPS) is 26.9. The predicted molar refractivity (Wildman–Crippen MR) is 63.5 cm³/mol. The van der Waals surface area contributed by atoms with Gasteiger partial charge in [-0.05, 0) is 56.6 Å². The number of hydrogen-bond acceptors (Lipinski definition) is 2. The Morgan fingerprint density at radius 1 is 1.50 bits per heavy atom. The van der Waals surface area contributed by atoms with Crippen molar-refractivity contribution >= 4 is 0 Å². The van der Waals surface area contributed by atoms with Crippen LogP contribution in [0.1, 0.15) is 24.4 Å². The van der Waals surface area contributed by atoms with E-state index in [0.29, 0.717) is 12.5 Å². The molecule has 2 rings (SSSR count). The molecule has 0 aliphatic carbocycles. The number of nitrogens with two attached hydrogens (primary N) is 1.